The van der Waals surface area contributed by atoms with Gasteiger partial charge in [0, 0.05) is 11.6 Å². The molecule has 0 saturated carbocycles. The minimum Gasteiger partial charge on any atom is -0.506 e. The van der Waals surface area contributed by atoms with Crippen LogP contribution in [0, 0.1) is 17.6 Å². The van der Waals surface area contributed by atoms with E-state index in [1.54, 1.807) is 19.1 Å². The van der Waals surface area contributed by atoms with Gasteiger partial charge in [0.25, 0.3) is 5.91 Å². The van der Waals surface area contributed by atoms with Crippen LogP contribution in [0.25, 0.3) is 0 Å². The number of nitrogens with one attached hydrogen (secondary N) is 2. The molecule has 0 saturated heterocycles. The zero-order valence-corrected chi connectivity index (χ0v) is 25.0. The second-order valence-corrected chi connectivity index (χ2v) is 12.4. The van der Waals surface area contributed by atoms with E-state index in [0.29, 0.717) is 24.3 Å². The lowest BCUT2D eigenvalue weighted by Gasteiger charge is -2.18. The number of sulfone groups is 1. The molecule has 0 aliphatic rings. The number of hydrogen-bond acceptors (Lipinski definition) is 6. The summed E-state index contributed by atoms with van der Waals surface area (Å²) in [5.74, 6) is -3.70. The maximum Gasteiger partial charge on any atom is 0.255 e. The Morgan fingerprint density at radius 2 is 1.67 bits per heavy atom. The number of unbranched alkanes of at least 4 members (excludes halogenated alkanes) is 1. The van der Waals surface area contributed by atoms with Crippen LogP contribution >= 0.6 is 11.6 Å². The molecule has 2 atom stereocenters. The van der Waals surface area contributed by atoms with E-state index in [4.69, 9.17) is 16.3 Å². The summed E-state index contributed by atoms with van der Waals surface area (Å²) >= 11 is 6.25. The number of ether oxygens (including phenoxy) is 1. The molecule has 0 aliphatic carbocycles. The normalized spacial score (nSPS) is 12.8. The van der Waals surface area contributed by atoms with E-state index in [9.17, 15) is 31.9 Å². The molecule has 3 aromatic carbocycles. The number of rotatable bonds is 13. The zero-order chi connectivity index (χ0) is 31.0. The molecule has 3 N–H and O–H groups in total. The second kappa shape index (κ2) is 14.5. The lowest BCUT2D eigenvalue weighted by Crippen LogP contribution is -2.34. The fourth-order valence-electron chi connectivity index (χ4n) is 4.11. The number of anilines is 2. The number of hydrogen-bond donors (Lipinski definition) is 3. The molecule has 3 aromatic rings. The van der Waals surface area contributed by atoms with Crippen LogP contribution in [0.5, 0.6) is 11.5 Å². The van der Waals surface area contributed by atoms with Crippen molar-refractivity contribution in [2.75, 3.05) is 17.2 Å². The van der Waals surface area contributed by atoms with Crippen LogP contribution in [0.3, 0.4) is 0 Å². The van der Waals surface area contributed by atoms with Gasteiger partial charge in [-0.1, -0.05) is 45.2 Å². The number of carbonyl (C=O) groups is 2. The fraction of sp³-hybridized carbons (Fsp3) is 0.333. The monoisotopic (exact) mass is 622 g/mol. The van der Waals surface area contributed by atoms with Crippen molar-refractivity contribution in [3.8, 4) is 11.5 Å². The summed E-state index contributed by atoms with van der Waals surface area (Å²) in [6, 6.07) is 10.6. The molecule has 0 aromatic heterocycles. The average molecular weight is 623 g/mol. The molecule has 2 unspecified atom stereocenters. The van der Waals surface area contributed by atoms with Crippen molar-refractivity contribution in [3.05, 3.63) is 76.8 Å². The van der Waals surface area contributed by atoms with Crippen LogP contribution in [0.2, 0.25) is 5.02 Å². The van der Waals surface area contributed by atoms with Crippen LogP contribution in [-0.4, -0.2) is 37.2 Å². The summed E-state index contributed by atoms with van der Waals surface area (Å²) in [4.78, 5) is 25.4. The van der Waals surface area contributed by atoms with Crippen LogP contribution in [0.15, 0.2) is 59.5 Å². The largest absolute Gasteiger partial charge is 0.506 e. The maximum absolute atomic E-state index is 13.5. The summed E-state index contributed by atoms with van der Waals surface area (Å²) in [5.41, 5.74) is -0.479. The fourth-order valence-corrected chi connectivity index (χ4v) is 5.95. The summed E-state index contributed by atoms with van der Waals surface area (Å²) in [6.07, 6.45) is 3.19. The van der Waals surface area contributed by atoms with Crippen LogP contribution in [0.1, 0.15) is 56.8 Å². The summed E-state index contributed by atoms with van der Waals surface area (Å²) in [7, 11) is -4.10. The number of phenols is 1. The number of benzene rings is 3. The van der Waals surface area contributed by atoms with E-state index >= 15 is 0 Å². The van der Waals surface area contributed by atoms with E-state index < -0.39 is 44.3 Å². The van der Waals surface area contributed by atoms with Gasteiger partial charge in [-0.2, -0.15) is 0 Å². The molecule has 0 spiro atoms. The molecule has 12 heteroatoms. The van der Waals surface area contributed by atoms with Crippen molar-refractivity contribution in [3.63, 3.8) is 0 Å². The van der Waals surface area contributed by atoms with Gasteiger partial charge in [0.1, 0.15) is 16.7 Å². The Morgan fingerprint density at radius 3 is 2.29 bits per heavy atom. The van der Waals surface area contributed by atoms with Gasteiger partial charge in [-0.25, -0.2) is 17.2 Å². The van der Waals surface area contributed by atoms with Crippen LogP contribution in [-0.2, 0) is 14.6 Å². The third-order valence-corrected chi connectivity index (χ3v) is 9.09. The molecule has 0 heterocycles. The first kappa shape index (κ1) is 32.8. The number of amides is 2. The van der Waals surface area contributed by atoms with Gasteiger partial charge in [0.2, 0.25) is 5.91 Å². The molecule has 3 rings (SSSR count). The summed E-state index contributed by atoms with van der Waals surface area (Å²) in [5, 5.41) is 13.6. The number of phenolic OH excluding ortho intramolecular Hbond substituents is 1. The van der Waals surface area contributed by atoms with E-state index in [2.05, 4.69) is 24.5 Å². The predicted octanol–water partition coefficient (Wildman–Crippen LogP) is 6.97. The highest BCUT2D eigenvalue weighted by molar-refractivity contribution is 7.92. The lowest BCUT2D eigenvalue weighted by atomic mass is 10.1. The molecular formula is C30H33ClF2N2O6S. The minimum atomic E-state index is -4.10. The highest BCUT2D eigenvalue weighted by atomic mass is 35.5. The van der Waals surface area contributed by atoms with Crippen molar-refractivity contribution in [2.45, 2.75) is 56.6 Å². The van der Waals surface area contributed by atoms with E-state index in [1.807, 2.05) is 0 Å². The lowest BCUT2D eigenvalue weighted by molar-refractivity contribution is -0.115. The number of halogens is 3. The Bertz CT molecular complexity index is 1530. The predicted molar refractivity (Wildman–Crippen MR) is 158 cm³/mol. The Morgan fingerprint density at radius 1 is 0.976 bits per heavy atom. The Labute approximate surface area is 249 Å². The molecule has 8 nitrogen and oxygen atoms in total. The first-order valence-electron chi connectivity index (χ1n) is 13.4. The van der Waals surface area contributed by atoms with E-state index in [0.717, 1.165) is 43.5 Å². The van der Waals surface area contributed by atoms with Crippen molar-refractivity contribution in [2.24, 2.45) is 5.92 Å². The highest BCUT2D eigenvalue weighted by Crippen LogP contribution is 2.35. The van der Waals surface area contributed by atoms with E-state index in [-0.39, 0.29) is 33.3 Å². The average Bonchev–Trinajstić information content (AvgIpc) is 2.95. The molecule has 226 valence electrons. The quantitative estimate of drug-likeness (QED) is 0.177. The maximum atomic E-state index is 13.5. The number of carbonyl (C=O) groups excluding carboxylic acids is 2. The van der Waals surface area contributed by atoms with Gasteiger partial charge < -0.3 is 20.5 Å². The topological polar surface area (TPSA) is 122 Å². The van der Waals surface area contributed by atoms with Gasteiger partial charge in [-0.15, -0.1) is 0 Å². The van der Waals surface area contributed by atoms with Gasteiger partial charge in [0.05, 0.1) is 27.9 Å². The van der Waals surface area contributed by atoms with Gasteiger partial charge in [0.15, 0.2) is 21.5 Å². The highest BCUT2D eigenvalue weighted by Gasteiger charge is 2.33. The molecule has 0 aliphatic heterocycles. The van der Waals surface area contributed by atoms with Gasteiger partial charge >= 0.3 is 0 Å². The summed E-state index contributed by atoms with van der Waals surface area (Å²) < 4.78 is 59.0. The van der Waals surface area contributed by atoms with Crippen LogP contribution in [0.4, 0.5) is 20.2 Å². The zero-order valence-electron chi connectivity index (χ0n) is 23.4. The molecule has 42 heavy (non-hydrogen) atoms. The molecule has 0 bridgehead atoms. The first-order chi connectivity index (χ1) is 19.9. The molecular weight excluding hydrogens is 590 g/mol. The van der Waals surface area contributed by atoms with Crippen molar-refractivity contribution in [1.29, 1.82) is 0 Å². The smallest absolute Gasteiger partial charge is 0.255 e. The first-order valence-corrected chi connectivity index (χ1v) is 15.4. The Hall–Kier alpha value is -3.70. The van der Waals surface area contributed by atoms with Gasteiger partial charge in [-0.05, 0) is 67.3 Å². The molecule has 2 amide bonds. The molecule has 0 radical (unpaired) electrons. The van der Waals surface area contributed by atoms with Crippen LogP contribution < -0.4 is 15.4 Å². The SMILES string of the molecule is CCCCC(C)COc1ccc(S(=O)(=O)C(CC)C(=O)Nc2cc(O)c(NC(=O)c3ccc(F)c(F)c3)cc2Cl)cc1. The summed E-state index contributed by atoms with van der Waals surface area (Å²) in [6.45, 7) is 6.26. The Balaban J connectivity index is 1.70. The number of aromatic hydroxyl groups is 1. The standard InChI is InChI=1S/C30H33ClF2N2O6S/c1-4-6-7-18(3)17-41-20-9-11-21(12-10-20)42(39,40)28(5-2)30(38)34-25-16-27(36)26(15-22(25)31)35-29(37)19-8-13-23(32)24(33)14-19/h8-16,18,28,36H,4-7,17H2,1-3H3,(H,34,38)(H,35,37). The van der Waals surface area contributed by atoms with Crippen molar-refractivity contribution in [1.82, 2.24) is 0 Å². The van der Waals surface area contributed by atoms with E-state index in [1.165, 1.54) is 12.1 Å². The third-order valence-electron chi connectivity index (χ3n) is 6.55. The minimum absolute atomic E-state index is 0.0483. The second-order valence-electron chi connectivity index (χ2n) is 9.89. The van der Waals surface area contributed by atoms with Crippen molar-refractivity contribution < 1.29 is 36.6 Å². The molecule has 0 fully saturated rings. The van der Waals surface area contributed by atoms with Gasteiger partial charge in [-0.3, -0.25) is 9.59 Å². The van der Waals surface area contributed by atoms with Crippen molar-refractivity contribution >= 4 is 44.6 Å². The third kappa shape index (κ3) is 8.19. The Kier molecular flexibility index (Phi) is 11.3.